The predicted octanol–water partition coefficient (Wildman–Crippen LogP) is 4.91. The molecule has 9 nitrogen and oxygen atoms in total. The molecular formula is C29H24Cl2N6O3. The van der Waals surface area contributed by atoms with Gasteiger partial charge in [0, 0.05) is 29.6 Å². The van der Waals surface area contributed by atoms with Crippen molar-refractivity contribution in [1.82, 2.24) is 29.9 Å². The lowest BCUT2D eigenvalue weighted by atomic mass is 10.0. The Hall–Kier alpha value is -4.47. The second-order valence-corrected chi connectivity index (χ2v) is 9.76. The Balaban J connectivity index is 1.46. The van der Waals surface area contributed by atoms with Gasteiger partial charge in [-0.1, -0.05) is 70.9 Å². The first-order valence-corrected chi connectivity index (χ1v) is 13.1. The van der Waals surface area contributed by atoms with Crippen molar-refractivity contribution >= 4 is 29.1 Å². The van der Waals surface area contributed by atoms with Gasteiger partial charge in [-0.2, -0.15) is 0 Å². The van der Waals surface area contributed by atoms with E-state index in [4.69, 9.17) is 27.9 Å². The molecule has 2 heterocycles. The second-order valence-electron chi connectivity index (χ2n) is 8.94. The van der Waals surface area contributed by atoms with Crippen LogP contribution in [0.25, 0.3) is 16.9 Å². The summed E-state index contributed by atoms with van der Waals surface area (Å²) < 4.78 is 8.02. The van der Waals surface area contributed by atoms with Crippen LogP contribution in [-0.4, -0.2) is 37.6 Å². The summed E-state index contributed by atoms with van der Waals surface area (Å²) in [5.74, 6) is 0.418. The van der Waals surface area contributed by atoms with Crippen LogP contribution in [-0.2, 0) is 17.8 Å². The van der Waals surface area contributed by atoms with E-state index in [0.29, 0.717) is 34.9 Å². The quantitative estimate of drug-likeness (QED) is 0.268. The summed E-state index contributed by atoms with van der Waals surface area (Å²) in [4.78, 5) is 31.5. The molecule has 0 saturated carbocycles. The number of halogens is 2. The van der Waals surface area contributed by atoms with Crippen molar-refractivity contribution in [3.8, 4) is 22.7 Å². The van der Waals surface area contributed by atoms with E-state index in [0.717, 1.165) is 16.9 Å². The zero-order valence-electron chi connectivity index (χ0n) is 21.4. The first-order chi connectivity index (χ1) is 19.4. The summed E-state index contributed by atoms with van der Waals surface area (Å²) in [5, 5.41) is 11.5. The maximum absolute atomic E-state index is 13.5. The highest BCUT2D eigenvalue weighted by molar-refractivity contribution is 6.31. The van der Waals surface area contributed by atoms with E-state index in [9.17, 15) is 9.59 Å². The van der Waals surface area contributed by atoms with E-state index >= 15 is 0 Å². The van der Waals surface area contributed by atoms with Crippen LogP contribution in [0.4, 0.5) is 0 Å². The number of ether oxygens (including phenoxy) is 1. The molecule has 1 amide bonds. The van der Waals surface area contributed by atoms with Gasteiger partial charge in [0.05, 0.1) is 31.0 Å². The fraction of sp³-hybridized carbons (Fsp3) is 0.138. The van der Waals surface area contributed by atoms with Gasteiger partial charge in [-0.15, -0.1) is 5.10 Å². The van der Waals surface area contributed by atoms with Crippen molar-refractivity contribution in [3.05, 3.63) is 123 Å². The van der Waals surface area contributed by atoms with Gasteiger partial charge in [-0.3, -0.25) is 14.2 Å². The fourth-order valence-corrected chi connectivity index (χ4v) is 4.57. The minimum absolute atomic E-state index is 0.216. The lowest BCUT2D eigenvalue weighted by Crippen LogP contribution is -2.38. The molecule has 0 unspecified atom stereocenters. The average molecular weight is 575 g/mol. The van der Waals surface area contributed by atoms with Crippen molar-refractivity contribution in [2.24, 2.45) is 0 Å². The van der Waals surface area contributed by atoms with Crippen LogP contribution in [0.15, 0.2) is 96.2 Å². The van der Waals surface area contributed by atoms with Gasteiger partial charge in [-0.25, -0.2) is 9.67 Å². The number of nitrogens with zero attached hydrogens (tertiary/aromatic N) is 5. The van der Waals surface area contributed by atoms with Crippen LogP contribution in [0.5, 0.6) is 5.75 Å². The molecule has 5 rings (SSSR count). The molecule has 1 N–H and O–H groups in total. The highest BCUT2D eigenvalue weighted by Crippen LogP contribution is 2.28. The van der Waals surface area contributed by atoms with E-state index < -0.39 is 11.6 Å². The molecule has 0 aliphatic rings. The van der Waals surface area contributed by atoms with E-state index in [-0.39, 0.29) is 11.1 Å². The SMILES string of the molecule is COc1ccc(CNC(=O)[C@H](Cc2ccccc2)n2cnc(-c3cc(Cl)ccc3-n3cc(Cl)nn3)cc2=O)cc1. The van der Waals surface area contributed by atoms with Crippen molar-refractivity contribution in [1.29, 1.82) is 0 Å². The normalized spacial score (nSPS) is 11.7. The van der Waals surface area contributed by atoms with Crippen LogP contribution in [0.3, 0.4) is 0 Å². The number of amides is 1. The van der Waals surface area contributed by atoms with Gasteiger partial charge < -0.3 is 10.1 Å². The molecule has 0 fully saturated rings. The van der Waals surface area contributed by atoms with Crippen LogP contribution >= 0.6 is 23.2 Å². The molecule has 2 aromatic heterocycles. The number of benzene rings is 3. The van der Waals surface area contributed by atoms with Gasteiger partial charge in [0.25, 0.3) is 5.56 Å². The number of rotatable bonds is 9. The molecule has 3 aromatic carbocycles. The number of methoxy groups -OCH3 is 1. The van der Waals surface area contributed by atoms with E-state index in [2.05, 4.69) is 20.6 Å². The lowest BCUT2D eigenvalue weighted by Gasteiger charge is -2.20. The van der Waals surface area contributed by atoms with E-state index in [1.54, 1.807) is 31.5 Å². The standard InChI is InChI=1S/C29H24Cl2N6O3/c1-40-22-10-7-20(8-11-22)16-32-29(39)26(13-19-5-3-2-4-6-19)36-18-33-24(15-28(36)38)23-14-21(30)9-12-25(23)37-17-27(31)34-35-37/h2-12,14-15,17-18,26H,13,16H2,1H3,(H,32,39)/t26-/m0/s1. The zero-order chi connectivity index (χ0) is 28.1. The first kappa shape index (κ1) is 27.1. The van der Waals surface area contributed by atoms with Crippen LogP contribution in [0.1, 0.15) is 17.2 Å². The summed E-state index contributed by atoms with van der Waals surface area (Å²) in [6.45, 7) is 0.292. The van der Waals surface area contributed by atoms with Gasteiger partial charge in [-0.05, 0) is 41.5 Å². The summed E-state index contributed by atoms with van der Waals surface area (Å²) >= 11 is 12.2. The molecule has 0 radical (unpaired) electrons. The second kappa shape index (κ2) is 12.1. The Morgan fingerprint density at radius 2 is 1.77 bits per heavy atom. The number of carbonyl (C=O) groups is 1. The van der Waals surface area contributed by atoms with Gasteiger partial charge >= 0.3 is 0 Å². The molecule has 5 aromatic rings. The van der Waals surface area contributed by atoms with Gasteiger partial charge in [0.15, 0.2) is 5.15 Å². The fourth-order valence-electron chi connectivity index (χ4n) is 4.27. The smallest absolute Gasteiger partial charge is 0.254 e. The molecule has 0 aliphatic carbocycles. The number of nitrogens with one attached hydrogen (secondary N) is 1. The Labute approximate surface area is 240 Å². The Morgan fingerprint density at radius 1 is 1.00 bits per heavy atom. The van der Waals surface area contributed by atoms with E-state index in [1.807, 2.05) is 54.6 Å². The molecule has 202 valence electrons. The van der Waals surface area contributed by atoms with Crippen molar-refractivity contribution in [2.75, 3.05) is 7.11 Å². The van der Waals surface area contributed by atoms with Crippen molar-refractivity contribution < 1.29 is 9.53 Å². The molecule has 1 atom stereocenters. The van der Waals surface area contributed by atoms with Crippen LogP contribution in [0, 0.1) is 0 Å². The molecule has 0 saturated heterocycles. The Kier molecular flexibility index (Phi) is 8.23. The number of carbonyl (C=O) groups excluding carboxylic acids is 1. The van der Waals surface area contributed by atoms with Crippen LogP contribution < -0.4 is 15.6 Å². The summed E-state index contributed by atoms with van der Waals surface area (Å²) in [5.41, 5.74) is 2.92. The Morgan fingerprint density at radius 3 is 2.45 bits per heavy atom. The minimum atomic E-state index is -0.831. The first-order valence-electron chi connectivity index (χ1n) is 12.3. The highest BCUT2D eigenvalue weighted by Gasteiger charge is 2.23. The van der Waals surface area contributed by atoms with Gasteiger partial charge in [0.2, 0.25) is 5.91 Å². The van der Waals surface area contributed by atoms with Gasteiger partial charge in [0.1, 0.15) is 11.8 Å². The average Bonchev–Trinajstić information content (AvgIpc) is 3.41. The summed E-state index contributed by atoms with van der Waals surface area (Å²) in [7, 11) is 1.60. The topological polar surface area (TPSA) is 104 Å². The number of aromatic nitrogens is 5. The summed E-state index contributed by atoms with van der Waals surface area (Å²) in [6.07, 6.45) is 3.23. The van der Waals surface area contributed by atoms with Crippen molar-refractivity contribution in [3.63, 3.8) is 0 Å². The minimum Gasteiger partial charge on any atom is -0.497 e. The molecule has 0 spiro atoms. The molecule has 11 heteroatoms. The molecule has 0 aliphatic heterocycles. The molecule has 0 bridgehead atoms. The third-order valence-electron chi connectivity index (χ3n) is 6.32. The van der Waals surface area contributed by atoms with Crippen LogP contribution in [0.2, 0.25) is 10.2 Å². The maximum Gasteiger partial charge on any atom is 0.254 e. The monoisotopic (exact) mass is 574 g/mol. The third-order valence-corrected chi connectivity index (χ3v) is 6.73. The molecule has 40 heavy (non-hydrogen) atoms. The van der Waals surface area contributed by atoms with E-state index in [1.165, 1.54) is 21.6 Å². The largest absolute Gasteiger partial charge is 0.497 e. The third kappa shape index (κ3) is 6.22. The van der Waals surface area contributed by atoms with Crippen molar-refractivity contribution in [2.45, 2.75) is 19.0 Å². The lowest BCUT2D eigenvalue weighted by molar-refractivity contribution is -0.124. The number of hydrogen-bond acceptors (Lipinski definition) is 6. The number of hydrogen-bond donors (Lipinski definition) is 1. The zero-order valence-corrected chi connectivity index (χ0v) is 22.9. The highest BCUT2D eigenvalue weighted by atomic mass is 35.5. The summed E-state index contributed by atoms with van der Waals surface area (Å²) in [6, 6.07) is 22.6. The maximum atomic E-state index is 13.5. The Bertz CT molecular complexity index is 1690. The molecular weight excluding hydrogens is 551 g/mol. The predicted molar refractivity (Wildman–Crippen MR) is 153 cm³/mol.